The van der Waals surface area contributed by atoms with E-state index in [1.54, 1.807) is 11.1 Å². The number of anilines is 1. The molecule has 2 heterocycles. The Labute approximate surface area is 106 Å². The number of hydrogen-bond donors (Lipinski definition) is 0. The van der Waals surface area contributed by atoms with Gasteiger partial charge in [0, 0.05) is 25.7 Å². The van der Waals surface area contributed by atoms with E-state index in [0.29, 0.717) is 13.0 Å². The first kappa shape index (κ1) is 12.4. The van der Waals surface area contributed by atoms with Gasteiger partial charge in [-0.15, -0.1) is 11.6 Å². The number of hydrogen-bond acceptors (Lipinski definition) is 3. The molecule has 1 aliphatic rings. The fourth-order valence-corrected chi connectivity index (χ4v) is 2.10. The monoisotopic (exact) mass is 256 g/mol. The van der Waals surface area contributed by atoms with Crippen LogP contribution in [0.1, 0.15) is 6.42 Å². The maximum Gasteiger partial charge on any atom is 0.228 e. The molecule has 1 unspecified atom stereocenters. The number of likely N-dealkylation sites (N-methyl/N-ethyl adjacent to an activating group) is 1. The van der Waals surface area contributed by atoms with Crippen molar-refractivity contribution in [1.29, 1.82) is 0 Å². The van der Waals surface area contributed by atoms with E-state index in [9.17, 15) is 4.79 Å². The van der Waals surface area contributed by atoms with Crippen molar-refractivity contribution < 1.29 is 4.79 Å². The van der Waals surface area contributed by atoms with Crippen LogP contribution >= 0.6 is 11.6 Å². The summed E-state index contributed by atoms with van der Waals surface area (Å²) in [7, 11) is 4.04. The topological polar surface area (TPSA) is 41.4 Å². The maximum atomic E-state index is 11.7. The third-order valence-corrected chi connectivity index (χ3v) is 3.08. The molecule has 1 amide bonds. The summed E-state index contributed by atoms with van der Waals surface area (Å²) in [5, 5.41) is 4.17. The lowest BCUT2D eigenvalue weighted by atomic mass is 10.4. The van der Waals surface area contributed by atoms with Gasteiger partial charge in [0.2, 0.25) is 5.91 Å². The van der Waals surface area contributed by atoms with Crippen LogP contribution in [0.4, 0.5) is 5.69 Å². The van der Waals surface area contributed by atoms with Crippen LogP contribution in [0.3, 0.4) is 0 Å². The van der Waals surface area contributed by atoms with E-state index in [-0.39, 0.29) is 11.3 Å². The summed E-state index contributed by atoms with van der Waals surface area (Å²) in [5.41, 5.74) is 0.844. The van der Waals surface area contributed by atoms with Gasteiger partial charge >= 0.3 is 0 Å². The van der Waals surface area contributed by atoms with E-state index in [0.717, 1.165) is 18.8 Å². The van der Waals surface area contributed by atoms with Crippen molar-refractivity contribution in [3.05, 3.63) is 12.4 Å². The second-order valence-corrected chi connectivity index (χ2v) is 5.19. The highest BCUT2D eigenvalue weighted by atomic mass is 35.5. The fourth-order valence-electron chi connectivity index (χ4n) is 1.83. The second kappa shape index (κ2) is 5.06. The quantitative estimate of drug-likeness (QED) is 0.748. The predicted octanol–water partition coefficient (Wildman–Crippen LogP) is 0.789. The van der Waals surface area contributed by atoms with Crippen LogP contribution in [0.5, 0.6) is 0 Å². The van der Waals surface area contributed by atoms with Gasteiger partial charge in [-0.1, -0.05) is 0 Å². The van der Waals surface area contributed by atoms with Crippen molar-refractivity contribution in [1.82, 2.24) is 14.7 Å². The summed E-state index contributed by atoms with van der Waals surface area (Å²) >= 11 is 5.96. The number of carbonyl (C=O) groups is 1. The average molecular weight is 257 g/mol. The number of halogens is 1. The molecule has 1 atom stereocenters. The first-order valence-electron chi connectivity index (χ1n) is 5.68. The molecule has 0 aliphatic carbocycles. The van der Waals surface area contributed by atoms with E-state index in [1.807, 2.05) is 25.0 Å². The number of alkyl halides is 1. The lowest BCUT2D eigenvalue weighted by Gasteiger charge is -2.12. The SMILES string of the molecule is CN(C)CCn1cc(N2CC(Cl)CC2=O)cn1. The summed E-state index contributed by atoms with van der Waals surface area (Å²) in [6, 6.07) is 0. The fraction of sp³-hybridized carbons (Fsp3) is 0.636. The highest BCUT2D eigenvalue weighted by Gasteiger charge is 2.29. The van der Waals surface area contributed by atoms with Crippen LogP contribution in [0.2, 0.25) is 0 Å². The maximum absolute atomic E-state index is 11.7. The molecule has 0 bridgehead atoms. The van der Waals surface area contributed by atoms with Crippen molar-refractivity contribution in [2.75, 3.05) is 32.1 Å². The molecule has 0 N–H and O–H groups in total. The van der Waals surface area contributed by atoms with Gasteiger partial charge in [0.05, 0.1) is 23.8 Å². The van der Waals surface area contributed by atoms with Gasteiger partial charge in [0.25, 0.3) is 0 Å². The average Bonchev–Trinajstić information content (AvgIpc) is 2.82. The summed E-state index contributed by atoms with van der Waals surface area (Å²) < 4.78 is 1.85. The third-order valence-electron chi connectivity index (χ3n) is 2.79. The lowest BCUT2D eigenvalue weighted by molar-refractivity contribution is -0.117. The van der Waals surface area contributed by atoms with Gasteiger partial charge in [-0.3, -0.25) is 9.48 Å². The Kier molecular flexibility index (Phi) is 3.69. The second-order valence-electron chi connectivity index (χ2n) is 4.57. The van der Waals surface area contributed by atoms with Crippen molar-refractivity contribution in [3.63, 3.8) is 0 Å². The molecule has 6 heteroatoms. The summed E-state index contributed by atoms with van der Waals surface area (Å²) in [4.78, 5) is 15.5. The number of rotatable bonds is 4. The summed E-state index contributed by atoms with van der Waals surface area (Å²) in [6.07, 6.45) is 4.04. The molecular weight excluding hydrogens is 240 g/mol. The van der Waals surface area contributed by atoms with E-state index in [2.05, 4.69) is 10.00 Å². The van der Waals surface area contributed by atoms with Crippen LogP contribution in [-0.4, -0.2) is 53.1 Å². The molecule has 1 aliphatic heterocycles. The number of nitrogens with zero attached hydrogens (tertiary/aromatic N) is 4. The standard InChI is InChI=1S/C11H17ClN4O/c1-14(2)3-4-15-8-10(6-13-15)16-7-9(12)5-11(16)17/h6,8-9H,3-5,7H2,1-2H3. The Morgan fingerprint density at radius 3 is 2.94 bits per heavy atom. The molecule has 2 rings (SSSR count). The minimum Gasteiger partial charge on any atom is -0.308 e. The molecule has 1 aromatic heterocycles. The first-order valence-corrected chi connectivity index (χ1v) is 6.11. The molecule has 0 spiro atoms. The molecule has 1 aromatic rings. The molecule has 94 valence electrons. The Hall–Kier alpha value is -1.07. The zero-order valence-corrected chi connectivity index (χ0v) is 10.9. The van der Waals surface area contributed by atoms with E-state index >= 15 is 0 Å². The largest absolute Gasteiger partial charge is 0.308 e. The molecule has 1 fully saturated rings. The van der Waals surface area contributed by atoms with E-state index in [1.165, 1.54) is 0 Å². The zero-order valence-electron chi connectivity index (χ0n) is 10.1. The van der Waals surface area contributed by atoms with Crippen molar-refractivity contribution in [2.45, 2.75) is 18.3 Å². The molecule has 0 radical (unpaired) electrons. The Morgan fingerprint density at radius 2 is 2.35 bits per heavy atom. The Bertz CT molecular complexity index is 404. The Morgan fingerprint density at radius 1 is 1.59 bits per heavy atom. The number of amides is 1. The van der Waals surface area contributed by atoms with Crippen LogP contribution in [0.25, 0.3) is 0 Å². The molecule has 1 saturated heterocycles. The number of aromatic nitrogens is 2. The van der Waals surface area contributed by atoms with Gasteiger partial charge in [0.15, 0.2) is 0 Å². The smallest absolute Gasteiger partial charge is 0.228 e. The molecule has 5 nitrogen and oxygen atoms in total. The van der Waals surface area contributed by atoms with Crippen LogP contribution in [0, 0.1) is 0 Å². The van der Waals surface area contributed by atoms with Gasteiger partial charge in [-0.2, -0.15) is 5.10 Å². The van der Waals surface area contributed by atoms with E-state index in [4.69, 9.17) is 11.6 Å². The zero-order chi connectivity index (χ0) is 12.4. The summed E-state index contributed by atoms with van der Waals surface area (Å²) in [6.45, 7) is 2.33. The minimum absolute atomic E-state index is 0.0763. The van der Waals surface area contributed by atoms with E-state index < -0.39 is 0 Å². The lowest BCUT2D eigenvalue weighted by Crippen LogP contribution is -2.24. The van der Waals surface area contributed by atoms with Crippen molar-refractivity contribution in [2.24, 2.45) is 0 Å². The van der Waals surface area contributed by atoms with Gasteiger partial charge in [-0.25, -0.2) is 0 Å². The molecule has 0 saturated carbocycles. The molecule has 17 heavy (non-hydrogen) atoms. The molecular formula is C11H17ClN4O. The highest BCUT2D eigenvalue weighted by molar-refractivity contribution is 6.24. The highest BCUT2D eigenvalue weighted by Crippen LogP contribution is 2.23. The van der Waals surface area contributed by atoms with Crippen LogP contribution < -0.4 is 4.90 Å². The van der Waals surface area contributed by atoms with Gasteiger partial charge in [-0.05, 0) is 14.1 Å². The third kappa shape index (κ3) is 2.98. The predicted molar refractivity (Wildman–Crippen MR) is 67.4 cm³/mol. The molecule has 0 aromatic carbocycles. The minimum atomic E-state index is -0.0763. The number of carbonyl (C=O) groups excluding carboxylic acids is 1. The van der Waals surface area contributed by atoms with Gasteiger partial charge in [0.1, 0.15) is 0 Å². The van der Waals surface area contributed by atoms with Crippen LogP contribution in [0.15, 0.2) is 12.4 Å². The van der Waals surface area contributed by atoms with Crippen LogP contribution in [-0.2, 0) is 11.3 Å². The Balaban J connectivity index is 2.00. The first-order chi connectivity index (χ1) is 8.06. The summed E-state index contributed by atoms with van der Waals surface area (Å²) in [5.74, 6) is 0.0807. The van der Waals surface area contributed by atoms with Crippen molar-refractivity contribution >= 4 is 23.2 Å². The normalized spacial score (nSPS) is 20.6. The van der Waals surface area contributed by atoms with Crippen molar-refractivity contribution in [3.8, 4) is 0 Å². The van der Waals surface area contributed by atoms with Gasteiger partial charge < -0.3 is 9.80 Å².